The third-order valence-corrected chi connectivity index (χ3v) is 4.17. The second kappa shape index (κ2) is 10.9. The number of rotatable bonds is 9. The van der Waals surface area contributed by atoms with E-state index >= 15 is 0 Å². The van der Waals surface area contributed by atoms with Crippen molar-refractivity contribution in [1.82, 2.24) is 0 Å². The molecule has 0 fully saturated rings. The summed E-state index contributed by atoms with van der Waals surface area (Å²) in [5.41, 5.74) is 0.930. The average molecular weight is 464 g/mol. The van der Waals surface area contributed by atoms with Crippen LogP contribution in [0.3, 0.4) is 0 Å². The van der Waals surface area contributed by atoms with Crippen LogP contribution in [0.4, 0.5) is 17.1 Å². The van der Waals surface area contributed by atoms with Gasteiger partial charge in [0.1, 0.15) is 0 Å². The highest BCUT2D eigenvalue weighted by Crippen LogP contribution is 2.16. The molecule has 0 heterocycles. The lowest BCUT2D eigenvalue weighted by molar-refractivity contribution is -0.384. The van der Waals surface area contributed by atoms with Gasteiger partial charge in [-0.25, -0.2) is 0 Å². The van der Waals surface area contributed by atoms with Crippen LogP contribution < -0.4 is 10.6 Å². The van der Waals surface area contributed by atoms with Crippen LogP contribution >= 0.6 is 15.9 Å². The molecule has 0 unspecified atom stereocenters. The van der Waals surface area contributed by atoms with Crippen LogP contribution in [0.5, 0.6) is 0 Å². The van der Waals surface area contributed by atoms with Crippen molar-refractivity contribution >= 4 is 50.8 Å². The van der Waals surface area contributed by atoms with Crippen molar-refractivity contribution in [3.63, 3.8) is 0 Å². The first-order valence-corrected chi connectivity index (χ1v) is 9.38. The number of non-ortho nitro benzene ring substituents is 1. The van der Waals surface area contributed by atoms with Crippen LogP contribution in [0.15, 0.2) is 53.0 Å². The maximum Gasteiger partial charge on any atom is 0.306 e. The second-order valence-corrected chi connectivity index (χ2v) is 6.84. The molecular weight excluding hydrogens is 446 g/mol. The molecule has 152 valence electrons. The SMILES string of the molecule is O=C(CCCC(=O)OCC(=O)Nc1ccc(Br)cc1)Nc1ccc([N+](=O)[O-])cc1. The van der Waals surface area contributed by atoms with Gasteiger partial charge in [-0.3, -0.25) is 24.5 Å². The number of nitrogens with zero attached hydrogens (tertiary/aromatic N) is 1. The highest BCUT2D eigenvalue weighted by molar-refractivity contribution is 9.10. The van der Waals surface area contributed by atoms with Gasteiger partial charge < -0.3 is 15.4 Å². The van der Waals surface area contributed by atoms with E-state index in [0.717, 1.165) is 4.47 Å². The largest absolute Gasteiger partial charge is 0.456 e. The molecule has 2 N–H and O–H groups in total. The Kier molecular flexibility index (Phi) is 8.28. The van der Waals surface area contributed by atoms with Crippen LogP contribution in [0, 0.1) is 10.1 Å². The number of nitrogens with one attached hydrogen (secondary N) is 2. The van der Waals surface area contributed by atoms with Crippen LogP contribution in [-0.2, 0) is 19.1 Å². The highest BCUT2D eigenvalue weighted by Gasteiger charge is 2.10. The number of nitro benzene ring substituents is 1. The van der Waals surface area contributed by atoms with Gasteiger partial charge in [0.2, 0.25) is 5.91 Å². The second-order valence-electron chi connectivity index (χ2n) is 5.92. The first-order valence-electron chi connectivity index (χ1n) is 8.59. The molecule has 10 heteroatoms. The smallest absolute Gasteiger partial charge is 0.306 e. The number of benzene rings is 2. The van der Waals surface area contributed by atoms with Gasteiger partial charge in [-0.15, -0.1) is 0 Å². The fraction of sp³-hybridized carbons (Fsp3) is 0.211. The Labute approximate surface area is 174 Å². The fourth-order valence-corrected chi connectivity index (χ4v) is 2.50. The summed E-state index contributed by atoms with van der Waals surface area (Å²) >= 11 is 3.29. The normalized spacial score (nSPS) is 10.1. The molecule has 0 saturated carbocycles. The Balaban J connectivity index is 1.63. The van der Waals surface area contributed by atoms with E-state index in [1.165, 1.54) is 24.3 Å². The molecule has 2 aromatic rings. The maximum absolute atomic E-state index is 11.8. The van der Waals surface area contributed by atoms with E-state index in [1.807, 2.05) is 0 Å². The molecule has 0 spiro atoms. The molecular formula is C19H18BrN3O6. The van der Waals surface area contributed by atoms with E-state index < -0.39 is 23.4 Å². The Morgan fingerprint density at radius 2 is 1.45 bits per heavy atom. The number of anilines is 2. The predicted octanol–water partition coefficient (Wildman–Crippen LogP) is 3.65. The standard InChI is InChI=1S/C19H18BrN3O6/c20-13-4-6-14(7-5-13)22-18(25)12-29-19(26)3-1-2-17(24)21-15-8-10-16(11-9-15)23(27)28/h4-11H,1-3,12H2,(H,21,24)(H,22,25). The minimum atomic E-state index is -0.584. The lowest BCUT2D eigenvalue weighted by atomic mass is 10.2. The molecule has 0 bridgehead atoms. The van der Waals surface area contributed by atoms with E-state index in [2.05, 4.69) is 26.6 Å². The zero-order valence-electron chi connectivity index (χ0n) is 15.2. The molecule has 2 aromatic carbocycles. The molecule has 0 aliphatic carbocycles. The monoisotopic (exact) mass is 463 g/mol. The molecule has 0 radical (unpaired) electrons. The molecule has 0 aromatic heterocycles. The topological polar surface area (TPSA) is 128 Å². The van der Waals surface area contributed by atoms with Crippen molar-refractivity contribution in [3.05, 3.63) is 63.1 Å². The lowest BCUT2D eigenvalue weighted by Crippen LogP contribution is -2.21. The molecule has 2 rings (SSSR count). The van der Waals surface area contributed by atoms with Crippen molar-refractivity contribution in [2.75, 3.05) is 17.2 Å². The molecule has 2 amide bonds. The lowest BCUT2D eigenvalue weighted by Gasteiger charge is -2.07. The number of ether oxygens (including phenoxy) is 1. The molecule has 0 saturated heterocycles. The van der Waals surface area contributed by atoms with Crippen LogP contribution in [-0.4, -0.2) is 29.3 Å². The third kappa shape index (κ3) is 8.09. The van der Waals surface area contributed by atoms with Gasteiger partial charge in [-0.05, 0) is 42.8 Å². The molecule has 0 aliphatic heterocycles. The van der Waals surface area contributed by atoms with Crippen molar-refractivity contribution in [1.29, 1.82) is 0 Å². The predicted molar refractivity (Wildman–Crippen MR) is 109 cm³/mol. The summed E-state index contributed by atoms with van der Waals surface area (Å²) < 4.78 is 5.75. The Bertz CT molecular complexity index is 884. The zero-order valence-corrected chi connectivity index (χ0v) is 16.8. The van der Waals surface area contributed by atoms with Crippen LogP contribution in [0.25, 0.3) is 0 Å². The van der Waals surface area contributed by atoms with Gasteiger partial charge in [0, 0.05) is 40.8 Å². The number of amides is 2. The van der Waals surface area contributed by atoms with Gasteiger partial charge in [0.25, 0.3) is 11.6 Å². The van der Waals surface area contributed by atoms with Gasteiger partial charge >= 0.3 is 5.97 Å². The molecule has 0 atom stereocenters. The summed E-state index contributed by atoms with van der Waals surface area (Å²) in [4.78, 5) is 45.3. The van der Waals surface area contributed by atoms with E-state index in [-0.39, 0.29) is 30.9 Å². The first kappa shape index (κ1) is 22.0. The Morgan fingerprint density at radius 3 is 2.03 bits per heavy atom. The molecule has 0 aliphatic rings. The summed E-state index contributed by atoms with van der Waals surface area (Å²) in [5.74, 6) is -1.38. The summed E-state index contributed by atoms with van der Waals surface area (Å²) in [7, 11) is 0. The fourth-order valence-electron chi connectivity index (χ4n) is 2.23. The minimum absolute atomic E-state index is 0.0146. The quantitative estimate of drug-likeness (QED) is 0.331. The van der Waals surface area contributed by atoms with Crippen molar-refractivity contribution in [3.8, 4) is 0 Å². The first-order chi connectivity index (χ1) is 13.8. The Hall–Kier alpha value is -3.27. The van der Waals surface area contributed by atoms with Crippen LogP contribution in [0.2, 0.25) is 0 Å². The van der Waals surface area contributed by atoms with Gasteiger partial charge in [0.15, 0.2) is 6.61 Å². The number of esters is 1. The number of hydrogen-bond acceptors (Lipinski definition) is 6. The van der Waals surface area contributed by atoms with Gasteiger partial charge in [-0.1, -0.05) is 15.9 Å². The van der Waals surface area contributed by atoms with E-state index in [9.17, 15) is 24.5 Å². The summed E-state index contributed by atoms with van der Waals surface area (Å²) in [6, 6.07) is 12.4. The van der Waals surface area contributed by atoms with E-state index in [1.54, 1.807) is 24.3 Å². The maximum atomic E-state index is 11.8. The number of halogens is 1. The van der Waals surface area contributed by atoms with Crippen molar-refractivity contribution < 1.29 is 24.0 Å². The average Bonchev–Trinajstić information content (AvgIpc) is 2.68. The zero-order chi connectivity index (χ0) is 21.2. The van der Waals surface area contributed by atoms with Gasteiger partial charge in [0.05, 0.1) is 4.92 Å². The Morgan fingerprint density at radius 1 is 0.897 bits per heavy atom. The summed E-state index contributed by atoms with van der Waals surface area (Å²) in [5, 5.41) is 15.8. The number of nitro groups is 1. The number of carbonyl (C=O) groups is 3. The molecule has 9 nitrogen and oxygen atoms in total. The van der Waals surface area contributed by atoms with E-state index in [4.69, 9.17) is 4.74 Å². The number of carbonyl (C=O) groups excluding carboxylic acids is 3. The number of hydrogen-bond donors (Lipinski definition) is 2. The molecule has 29 heavy (non-hydrogen) atoms. The van der Waals surface area contributed by atoms with Crippen LogP contribution in [0.1, 0.15) is 19.3 Å². The van der Waals surface area contributed by atoms with Crippen molar-refractivity contribution in [2.24, 2.45) is 0 Å². The minimum Gasteiger partial charge on any atom is -0.456 e. The van der Waals surface area contributed by atoms with Gasteiger partial charge in [-0.2, -0.15) is 0 Å². The summed E-state index contributed by atoms with van der Waals surface area (Å²) in [6.07, 6.45) is 0.294. The van der Waals surface area contributed by atoms with Crippen molar-refractivity contribution in [2.45, 2.75) is 19.3 Å². The summed E-state index contributed by atoms with van der Waals surface area (Å²) in [6.45, 7) is -0.413. The highest BCUT2D eigenvalue weighted by atomic mass is 79.9. The third-order valence-electron chi connectivity index (χ3n) is 3.64. The van der Waals surface area contributed by atoms with E-state index in [0.29, 0.717) is 11.4 Å².